The zero-order chi connectivity index (χ0) is 8.39. The van der Waals surface area contributed by atoms with Gasteiger partial charge in [0.2, 0.25) is 0 Å². The van der Waals surface area contributed by atoms with Crippen molar-refractivity contribution in [1.82, 2.24) is 4.98 Å². The smallest absolute Gasteiger partial charge is 0.0886 e. The van der Waals surface area contributed by atoms with Crippen LogP contribution >= 0.6 is 0 Å². The zero-order valence-corrected chi connectivity index (χ0v) is 6.70. The Morgan fingerprint density at radius 1 is 1.42 bits per heavy atom. The first-order valence-corrected chi connectivity index (χ1v) is 4.06. The Hall–Kier alpha value is -1.38. The summed E-state index contributed by atoms with van der Waals surface area (Å²) in [5.41, 5.74) is 3.01. The van der Waals surface area contributed by atoms with Crippen molar-refractivity contribution in [1.29, 1.82) is 0 Å². The molecule has 3 nitrogen and oxygen atoms in total. The van der Waals surface area contributed by atoms with Crippen LogP contribution in [0.2, 0.25) is 0 Å². The van der Waals surface area contributed by atoms with Gasteiger partial charge in [0.25, 0.3) is 0 Å². The summed E-state index contributed by atoms with van der Waals surface area (Å²) in [6.45, 7) is 0. The van der Waals surface area contributed by atoms with Gasteiger partial charge in [-0.2, -0.15) is 0 Å². The van der Waals surface area contributed by atoms with Crippen LogP contribution in [-0.2, 0) is 6.42 Å². The average Bonchev–Trinajstić information content (AvgIpc) is 2.17. The topological polar surface area (TPSA) is 45.5 Å². The molecule has 62 valence electrons. The van der Waals surface area contributed by atoms with Crippen LogP contribution < -0.4 is 0 Å². The molecule has 0 unspecified atom stereocenters. The molecule has 0 aromatic carbocycles. The lowest BCUT2D eigenvalue weighted by Gasteiger charge is -2.14. The molecule has 0 radical (unpaired) electrons. The molecule has 0 fully saturated rings. The Balaban J connectivity index is 2.51. The summed E-state index contributed by atoms with van der Waals surface area (Å²) < 4.78 is 0. The third-order valence-corrected chi connectivity index (χ3v) is 2.20. The summed E-state index contributed by atoms with van der Waals surface area (Å²) in [6.07, 6.45) is 6.53. The zero-order valence-electron chi connectivity index (χ0n) is 6.70. The quantitative estimate of drug-likeness (QED) is 0.465. The maximum atomic E-state index is 8.70. The van der Waals surface area contributed by atoms with E-state index >= 15 is 0 Å². The van der Waals surface area contributed by atoms with Crippen molar-refractivity contribution in [3.8, 4) is 0 Å². The van der Waals surface area contributed by atoms with E-state index in [9.17, 15) is 0 Å². The number of rotatable bonds is 0. The number of nitrogens with zero attached hydrogens (tertiary/aromatic N) is 2. The molecule has 1 aliphatic rings. The molecule has 0 bridgehead atoms. The van der Waals surface area contributed by atoms with Gasteiger partial charge < -0.3 is 5.21 Å². The highest BCUT2D eigenvalue weighted by molar-refractivity contribution is 6.01. The van der Waals surface area contributed by atoms with Crippen molar-refractivity contribution in [2.24, 2.45) is 5.16 Å². The fourth-order valence-electron chi connectivity index (χ4n) is 1.59. The molecule has 1 aromatic heterocycles. The van der Waals surface area contributed by atoms with E-state index in [-0.39, 0.29) is 0 Å². The molecule has 0 spiro atoms. The maximum Gasteiger partial charge on any atom is 0.0886 e. The highest BCUT2D eigenvalue weighted by Crippen LogP contribution is 2.19. The van der Waals surface area contributed by atoms with Crippen LogP contribution in [0.4, 0.5) is 0 Å². The molecular weight excluding hydrogens is 152 g/mol. The summed E-state index contributed by atoms with van der Waals surface area (Å²) in [5.74, 6) is 0. The molecule has 1 aliphatic carbocycles. The number of hydrogen-bond donors (Lipinski definition) is 1. The van der Waals surface area contributed by atoms with Crippen LogP contribution in [0.5, 0.6) is 0 Å². The minimum absolute atomic E-state index is 0.768. The summed E-state index contributed by atoms with van der Waals surface area (Å²) in [6, 6.07) is 1.99. The molecule has 0 saturated heterocycles. The lowest BCUT2D eigenvalue weighted by atomic mass is 9.92. The second-order valence-electron chi connectivity index (χ2n) is 2.93. The van der Waals surface area contributed by atoms with Crippen LogP contribution in [0.15, 0.2) is 23.6 Å². The highest BCUT2D eigenvalue weighted by atomic mass is 16.4. The number of aromatic nitrogens is 1. The highest BCUT2D eigenvalue weighted by Gasteiger charge is 2.14. The molecule has 12 heavy (non-hydrogen) atoms. The summed E-state index contributed by atoms with van der Waals surface area (Å²) >= 11 is 0. The lowest BCUT2D eigenvalue weighted by molar-refractivity contribution is 0.317. The second kappa shape index (κ2) is 2.93. The molecule has 2 rings (SSSR count). The van der Waals surface area contributed by atoms with Gasteiger partial charge in [-0.25, -0.2) is 0 Å². The number of hydrogen-bond acceptors (Lipinski definition) is 3. The molecule has 0 aliphatic heterocycles. The first-order chi connectivity index (χ1) is 5.92. The van der Waals surface area contributed by atoms with Gasteiger partial charge in [-0.15, -0.1) is 0 Å². The van der Waals surface area contributed by atoms with Crippen molar-refractivity contribution in [2.45, 2.75) is 19.3 Å². The van der Waals surface area contributed by atoms with Gasteiger partial charge in [0.05, 0.1) is 5.71 Å². The van der Waals surface area contributed by atoms with Gasteiger partial charge in [-0.05, 0) is 30.9 Å². The third-order valence-electron chi connectivity index (χ3n) is 2.20. The standard InChI is InChI=1S/C9H10N2O/c12-11-9-3-1-2-7-4-5-10-6-8(7)9/h4-6,12H,1-3H2. The Kier molecular flexibility index (Phi) is 1.78. The Morgan fingerprint density at radius 3 is 3.17 bits per heavy atom. The van der Waals surface area contributed by atoms with Gasteiger partial charge in [-0.1, -0.05) is 5.16 Å². The van der Waals surface area contributed by atoms with Crippen LogP contribution in [0.1, 0.15) is 24.0 Å². The SMILES string of the molecule is ON=C1CCCc2ccncc21. The Bertz CT molecular complexity index is 320. The molecular formula is C9H10N2O. The van der Waals surface area contributed by atoms with Gasteiger partial charge in [0, 0.05) is 18.0 Å². The number of aryl methyl sites for hydroxylation is 1. The fourth-order valence-corrected chi connectivity index (χ4v) is 1.59. The summed E-state index contributed by atoms with van der Waals surface area (Å²) in [5, 5.41) is 12.0. The fraction of sp³-hybridized carbons (Fsp3) is 0.333. The molecule has 0 atom stereocenters. The molecule has 3 heteroatoms. The minimum Gasteiger partial charge on any atom is -0.411 e. The van der Waals surface area contributed by atoms with Crippen LogP contribution in [0.25, 0.3) is 0 Å². The molecule has 0 amide bonds. The normalized spacial score (nSPS) is 19.2. The predicted octanol–water partition coefficient (Wildman–Crippen LogP) is 1.60. The van der Waals surface area contributed by atoms with Gasteiger partial charge in [-0.3, -0.25) is 4.98 Å². The number of oxime groups is 1. The van der Waals surface area contributed by atoms with E-state index in [0.717, 1.165) is 30.5 Å². The molecule has 0 saturated carbocycles. The Labute approximate surface area is 70.7 Å². The van der Waals surface area contributed by atoms with Crippen LogP contribution in [0, 0.1) is 0 Å². The maximum absolute atomic E-state index is 8.70. The number of pyridine rings is 1. The van der Waals surface area contributed by atoms with E-state index in [1.807, 2.05) is 6.07 Å². The van der Waals surface area contributed by atoms with E-state index in [0.29, 0.717) is 0 Å². The van der Waals surface area contributed by atoms with Crippen molar-refractivity contribution in [3.05, 3.63) is 29.6 Å². The Morgan fingerprint density at radius 2 is 2.33 bits per heavy atom. The largest absolute Gasteiger partial charge is 0.411 e. The van der Waals surface area contributed by atoms with Crippen molar-refractivity contribution in [3.63, 3.8) is 0 Å². The predicted molar refractivity (Wildman–Crippen MR) is 45.5 cm³/mol. The van der Waals surface area contributed by atoms with E-state index < -0.39 is 0 Å². The van der Waals surface area contributed by atoms with Gasteiger partial charge in [0.15, 0.2) is 0 Å². The second-order valence-corrected chi connectivity index (χ2v) is 2.93. The monoisotopic (exact) mass is 162 g/mol. The van der Waals surface area contributed by atoms with E-state index in [1.54, 1.807) is 12.4 Å². The summed E-state index contributed by atoms with van der Waals surface area (Å²) in [7, 11) is 0. The van der Waals surface area contributed by atoms with Crippen molar-refractivity contribution in [2.75, 3.05) is 0 Å². The molecule has 1 N–H and O–H groups in total. The molecule has 1 heterocycles. The first-order valence-electron chi connectivity index (χ1n) is 4.06. The van der Waals surface area contributed by atoms with E-state index in [1.165, 1.54) is 5.56 Å². The molecule has 1 aromatic rings. The number of fused-ring (bicyclic) bond motifs is 1. The lowest BCUT2D eigenvalue weighted by Crippen LogP contribution is -2.11. The average molecular weight is 162 g/mol. The summed E-state index contributed by atoms with van der Waals surface area (Å²) in [4.78, 5) is 4.00. The van der Waals surface area contributed by atoms with Crippen molar-refractivity contribution >= 4 is 5.71 Å². The van der Waals surface area contributed by atoms with Crippen LogP contribution in [-0.4, -0.2) is 15.9 Å². The van der Waals surface area contributed by atoms with Crippen molar-refractivity contribution < 1.29 is 5.21 Å². The van der Waals surface area contributed by atoms with Gasteiger partial charge in [0.1, 0.15) is 0 Å². The first kappa shape index (κ1) is 7.28. The van der Waals surface area contributed by atoms with Crippen LogP contribution in [0.3, 0.4) is 0 Å². The van der Waals surface area contributed by atoms with E-state index in [2.05, 4.69) is 10.1 Å². The third kappa shape index (κ3) is 1.07. The van der Waals surface area contributed by atoms with E-state index in [4.69, 9.17) is 5.21 Å². The minimum atomic E-state index is 0.768. The van der Waals surface area contributed by atoms with Gasteiger partial charge >= 0.3 is 0 Å².